The molecule has 0 bridgehead atoms. The standard InChI is InChI=1S/C22H20Cl2N6.3ClH/c23-18-1-2-19(24)17-10-27-20(8-14(17)18)15-7-13(9-28-22(15)25)16-11-29-30-21(16)12-3-5-26-6-4-12;;;/h1-2,7-12,26H,3-6H2,(H2,25,28)(H,29,30);3*1H. The molecule has 1 fully saturated rings. The summed E-state index contributed by atoms with van der Waals surface area (Å²) in [6.45, 7) is 2.03. The van der Waals surface area contributed by atoms with Gasteiger partial charge in [0.05, 0.1) is 16.9 Å². The first kappa shape index (κ1) is 27.4. The van der Waals surface area contributed by atoms with Crippen molar-refractivity contribution in [1.82, 2.24) is 25.5 Å². The van der Waals surface area contributed by atoms with E-state index in [9.17, 15) is 0 Å². The molecule has 1 saturated heterocycles. The first-order chi connectivity index (χ1) is 14.6. The van der Waals surface area contributed by atoms with Gasteiger partial charge in [0.1, 0.15) is 5.82 Å². The lowest BCUT2D eigenvalue weighted by atomic mass is 9.90. The molecule has 0 amide bonds. The number of nitrogens with one attached hydrogen (secondary N) is 2. The Bertz CT molecular complexity index is 1240. The average Bonchev–Trinajstić information content (AvgIpc) is 3.27. The molecule has 5 rings (SSSR count). The topological polar surface area (TPSA) is 92.5 Å². The van der Waals surface area contributed by atoms with Gasteiger partial charge in [0.15, 0.2) is 0 Å². The maximum Gasteiger partial charge on any atom is 0.132 e. The number of anilines is 1. The predicted octanol–water partition coefficient (Wildman–Crippen LogP) is 6.31. The summed E-state index contributed by atoms with van der Waals surface area (Å²) in [5, 5.41) is 13.8. The van der Waals surface area contributed by atoms with E-state index in [4.69, 9.17) is 28.9 Å². The molecular weight excluding hydrogens is 526 g/mol. The number of halogens is 5. The highest BCUT2D eigenvalue weighted by atomic mass is 35.5. The minimum absolute atomic E-state index is 0. The van der Waals surface area contributed by atoms with Crippen molar-refractivity contribution >= 4 is 77.0 Å². The summed E-state index contributed by atoms with van der Waals surface area (Å²) < 4.78 is 0. The van der Waals surface area contributed by atoms with E-state index < -0.39 is 0 Å². The van der Waals surface area contributed by atoms with Gasteiger partial charge >= 0.3 is 0 Å². The van der Waals surface area contributed by atoms with Gasteiger partial charge in [-0.25, -0.2) is 4.98 Å². The zero-order chi connectivity index (χ0) is 20.7. The fraction of sp³-hybridized carbons (Fsp3) is 0.227. The third kappa shape index (κ3) is 5.32. The summed E-state index contributed by atoms with van der Waals surface area (Å²) in [5.41, 5.74) is 10.8. The van der Waals surface area contributed by atoms with Crippen molar-refractivity contribution in [2.45, 2.75) is 18.8 Å². The lowest BCUT2D eigenvalue weighted by molar-refractivity contribution is 0.453. The number of hydrogen-bond donors (Lipinski definition) is 3. The molecule has 4 N–H and O–H groups in total. The second kappa shape index (κ2) is 11.6. The summed E-state index contributed by atoms with van der Waals surface area (Å²) in [4.78, 5) is 9.02. The largest absolute Gasteiger partial charge is 0.383 e. The third-order valence-electron chi connectivity index (χ3n) is 5.72. The molecule has 0 radical (unpaired) electrons. The van der Waals surface area contributed by atoms with E-state index in [-0.39, 0.29) is 37.2 Å². The molecule has 0 saturated carbocycles. The van der Waals surface area contributed by atoms with Crippen LogP contribution in [0.2, 0.25) is 10.0 Å². The zero-order valence-corrected chi connectivity index (χ0v) is 21.3. The Morgan fingerprint density at radius 2 is 1.55 bits per heavy atom. The number of aromatic nitrogens is 4. The van der Waals surface area contributed by atoms with Gasteiger partial charge in [0.2, 0.25) is 0 Å². The highest BCUT2D eigenvalue weighted by Gasteiger charge is 2.21. The van der Waals surface area contributed by atoms with Crippen LogP contribution in [0.4, 0.5) is 5.82 Å². The van der Waals surface area contributed by atoms with Crippen LogP contribution < -0.4 is 11.1 Å². The molecule has 176 valence electrons. The first-order valence-electron chi connectivity index (χ1n) is 9.86. The van der Waals surface area contributed by atoms with Crippen LogP contribution in [0, 0.1) is 0 Å². The van der Waals surface area contributed by atoms with Gasteiger partial charge < -0.3 is 11.1 Å². The number of nitrogens with zero attached hydrogens (tertiary/aromatic N) is 3. The maximum absolute atomic E-state index is 6.40. The number of benzene rings is 1. The van der Waals surface area contributed by atoms with Crippen LogP contribution in [-0.2, 0) is 0 Å². The van der Waals surface area contributed by atoms with E-state index >= 15 is 0 Å². The Morgan fingerprint density at radius 1 is 0.848 bits per heavy atom. The van der Waals surface area contributed by atoms with Gasteiger partial charge in [-0.1, -0.05) is 23.2 Å². The Balaban J connectivity index is 0.00000128. The molecule has 0 spiro atoms. The highest BCUT2D eigenvalue weighted by Crippen LogP contribution is 2.36. The molecule has 0 atom stereocenters. The van der Waals surface area contributed by atoms with Crippen LogP contribution in [0.25, 0.3) is 33.2 Å². The van der Waals surface area contributed by atoms with Gasteiger partial charge in [0.25, 0.3) is 0 Å². The van der Waals surface area contributed by atoms with Crippen LogP contribution in [-0.4, -0.2) is 33.3 Å². The zero-order valence-electron chi connectivity index (χ0n) is 17.3. The first-order valence-corrected chi connectivity index (χ1v) is 10.6. The second-order valence-corrected chi connectivity index (χ2v) is 8.34. The van der Waals surface area contributed by atoms with Crippen molar-refractivity contribution in [3.05, 3.63) is 58.6 Å². The van der Waals surface area contributed by atoms with Gasteiger partial charge in [-0.2, -0.15) is 5.10 Å². The summed E-state index contributed by atoms with van der Waals surface area (Å²) >= 11 is 12.7. The van der Waals surface area contributed by atoms with Crippen molar-refractivity contribution in [3.8, 4) is 22.4 Å². The third-order valence-corrected chi connectivity index (χ3v) is 6.38. The molecule has 33 heavy (non-hydrogen) atoms. The smallest absolute Gasteiger partial charge is 0.132 e. The number of hydrogen-bond acceptors (Lipinski definition) is 5. The Labute approximate surface area is 220 Å². The fourth-order valence-electron chi connectivity index (χ4n) is 4.09. The van der Waals surface area contributed by atoms with Crippen LogP contribution in [0.5, 0.6) is 0 Å². The van der Waals surface area contributed by atoms with Crippen molar-refractivity contribution < 1.29 is 0 Å². The summed E-state index contributed by atoms with van der Waals surface area (Å²) in [7, 11) is 0. The number of aromatic amines is 1. The van der Waals surface area contributed by atoms with Gasteiger partial charge in [0, 0.05) is 56.5 Å². The lowest BCUT2D eigenvalue weighted by Gasteiger charge is -2.22. The van der Waals surface area contributed by atoms with E-state index in [1.54, 1.807) is 24.5 Å². The van der Waals surface area contributed by atoms with Crippen molar-refractivity contribution in [3.63, 3.8) is 0 Å². The molecule has 6 nitrogen and oxygen atoms in total. The molecule has 1 aliphatic heterocycles. The second-order valence-electron chi connectivity index (χ2n) is 7.52. The molecular formula is C22H23Cl5N6. The highest BCUT2D eigenvalue weighted by molar-refractivity contribution is 6.40. The molecule has 0 aliphatic carbocycles. The summed E-state index contributed by atoms with van der Waals surface area (Å²) in [6, 6.07) is 7.48. The number of rotatable bonds is 3. The van der Waals surface area contributed by atoms with Crippen LogP contribution in [0.1, 0.15) is 24.5 Å². The number of H-pyrrole nitrogens is 1. The van der Waals surface area contributed by atoms with Gasteiger partial charge in [-0.05, 0) is 50.2 Å². The Hall–Kier alpha value is -1.80. The van der Waals surface area contributed by atoms with E-state index in [1.807, 2.05) is 18.3 Å². The maximum atomic E-state index is 6.40. The van der Waals surface area contributed by atoms with E-state index in [2.05, 4.69) is 25.5 Å². The number of nitrogens with two attached hydrogens (primary N) is 1. The van der Waals surface area contributed by atoms with Crippen LogP contribution in [0.15, 0.2) is 42.9 Å². The summed E-state index contributed by atoms with van der Waals surface area (Å²) in [6.07, 6.45) is 7.53. The minimum Gasteiger partial charge on any atom is -0.383 e. The molecule has 11 heteroatoms. The molecule has 3 aromatic heterocycles. The molecule has 4 aromatic rings. The summed E-state index contributed by atoms with van der Waals surface area (Å²) in [5.74, 6) is 0.861. The van der Waals surface area contributed by atoms with Crippen LogP contribution in [0.3, 0.4) is 0 Å². The van der Waals surface area contributed by atoms with Crippen LogP contribution >= 0.6 is 60.4 Å². The van der Waals surface area contributed by atoms with E-state index in [1.165, 1.54) is 0 Å². The van der Waals surface area contributed by atoms with Crippen molar-refractivity contribution in [1.29, 1.82) is 0 Å². The average molecular weight is 549 g/mol. The monoisotopic (exact) mass is 546 g/mol. The van der Waals surface area contributed by atoms with E-state index in [0.29, 0.717) is 27.5 Å². The fourth-order valence-corrected chi connectivity index (χ4v) is 4.53. The molecule has 1 aliphatic rings. The molecule has 4 heterocycles. The van der Waals surface area contributed by atoms with Gasteiger partial charge in [-0.3, -0.25) is 10.1 Å². The Morgan fingerprint density at radius 3 is 2.27 bits per heavy atom. The SMILES string of the molecule is Cl.Cl.Cl.Nc1ncc(-c2cn[nH]c2C2CCNCC2)cc1-c1cc2c(Cl)ccc(Cl)c2cn1. The number of fused-ring (bicyclic) bond motifs is 1. The van der Waals surface area contributed by atoms with Gasteiger partial charge in [-0.15, -0.1) is 37.2 Å². The Kier molecular flexibility index (Phi) is 9.61. The number of nitrogen functional groups attached to an aromatic ring is 1. The lowest BCUT2D eigenvalue weighted by Crippen LogP contribution is -2.27. The predicted molar refractivity (Wildman–Crippen MR) is 144 cm³/mol. The normalized spacial score (nSPS) is 13.6. The van der Waals surface area contributed by atoms with Crippen molar-refractivity contribution in [2.75, 3.05) is 18.8 Å². The molecule has 1 aromatic carbocycles. The quantitative estimate of drug-likeness (QED) is 0.279. The molecule has 0 unspecified atom stereocenters. The number of pyridine rings is 2. The van der Waals surface area contributed by atoms with Crippen molar-refractivity contribution in [2.24, 2.45) is 0 Å². The van der Waals surface area contributed by atoms with E-state index in [0.717, 1.165) is 59.1 Å². The number of piperidine rings is 1. The minimum atomic E-state index is 0.